The molecule has 0 unspecified atom stereocenters. The fourth-order valence-electron chi connectivity index (χ4n) is 3.58. The lowest BCUT2D eigenvalue weighted by Crippen LogP contribution is -2.36. The summed E-state index contributed by atoms with van der Waals surface area (Å²) in [7, 11) is 0. The molecule has 5 nitrogen and oxygen atoms in total. The Balaban J connectivity index is 1.52. The van der Waals surface area contributed by atoms with Crippen LogP contribution >= 0.6 is 11.9 Å². The summed E-state index contributed by atoms with van der Waals surface area (Å²) in [5.74, 6) is 1.28. The highest BCUT2D eigenvalue weighted by molar-refractivity contribution is 7.96. The first-order valence-electron chi connectivity index (χ1n) is 9.44. The first-order chi connectivity index (χ1) is 13.6. The molecule has 1 aromatic heterocycles. The van der Waals surface area contributed by atoms with E-state index in [0.717, 1.165) is 36.2 Å². The standard InChI is InChI=1S/C22H24N2O3S/c1-15-21(22(25)23-17-10-11-24(13-17)28-2)19-12-18(8-9-20(19)27-15)26-14-16-6-4-3-5-7-16/h3-9,12,17H,10-11,13-14H2,1-2H3,(H,23,25)/t17-/m0/s1. The van der Waals surface area contributed by atoms with Crippen molar-refractivity contribution in [2.24, 2.45) is 0 Å². The Morgan fingerprint density at radius 1 is 1.29 bits per heavy atom. The van der Waals surface area contributed by atoms with Crippen LogP contribution < -0.4 is 10.1 Å². The molecule has 1 saturated heterocycles. The molecule has 6 heteroatoms. The van der Waals surface area contributed by atoms with Crippen LogP contribution in [0.1, 0.15) is 28.1 Å². The molecule has 1 atom stereocenters. The predicted molar refractivity (Wildman–Crippen MR) is 113 cm³/mol. The predicted octanol–water partition coefficient (Wildman–Crippen LogP) is 4.40. The summed E-state index contributed by atoms with van der Waals surface area (Å²) in [5.41, 5.74) is 2.40. The van der Waals surface area contributed by atoms with E-state index >= 15 is 0 Å². The van der Waals surface area contributed by atoms with E-state index in [0.29, 0.717) is 23.5 Å². The molecule has 0 aliphatic carbocycles. The number of benzene rings is 2. The maximum atomic E-state index is 12.9. The van der Waals surface area contributed by atoms with Crippen LogP contribution in [0.5, 0.6) is 5.75 Å². The average Bonchev–Trinajstić information content (AvgIpc) is 3.29. The van der Waals surface area contributed by atoms with Gasteiger partial charge in [-0.25, -0.2) is 4.31 Å². The first-order valence-corrected chi connectivity index (χ1v) is 10.6. The molecule has 0 saturated carbocycles. The zero-order chi connectivity index (χ0) is 19.5. The number of nitrogens with one attached hydrogen (secondary N) is 1. The molecule has 1 fully saturated rings. The van der Waals surface area contributed by atoms with Crippen LogP contribution in [0.3, 0.4) is 0 Å². The maximum absolute atomic E-state index is 12.9. The van der Waals surface area contributed by atoms with Crippen molar-refractivity contribution >= 4 is 28.8 Å². The Labute approximate surface area is 169 Å². The highest BCUT2D eigenvalue weighted by atomic mass is 32.2. The lowest BCUT2D eigenvalue weighted by atomic mass is 10.1. The van der Waals surface area contributed by atoms with Gasteiger partial charge in [0.15, 0.2) is 0 Å². The number of furan rings is 1. The van der Waals surface area contributed by atoms with Crippen LogP contribution in [-0.2, 0) is 6.61 Å². The molecular formula is C22H24N2O3S. The molecule has 4 rings (SSSR count). The Bertz CT molecular complexity index is 971. The molecule has 1 aliphatic heterocycles. The second-order valence-corrected chi connectivity index (χ2v) is 7.88. The van der Waals surface area contributed by atoms with Crippen molar-refractivity contribution in [1.29, 1.82) is 0 Å². The molecular weight excluding hydrogens is 372 g/mol. The summed E-state index contributed by atoms with van der Waals surface area (Å²) < 4.78 is 14.0. The van der Waals surface area contributed by atoms with Gasteiger partial charge in [0.2, 0.25) is 0 Å². The topological polar surface area (TPSA) is 54.7 Å². The van der Waals surface area contributed by atoms with Crippen molar-refractivity contribution in [2.75, 3.05) is 19.3 Å². The number of aryl methyl sites for hydroxylation is 1. The van der Waals surface area contributed by atoms with Gasteiger partial charge in [0.1, 0.15) is 23.7 Å². The third-order valence-corrected chi connectivity index (χ3v) is 5.90. The van der Waals surface area contributed by atoms with Gasteiger partial charge in [-0.15, -0.1) is 0 Å². The molecule has 3 aromatic rings. The van der Waals surface area contributed by atoms with Crippen LogP contribution in [0.25, 0.3) is 11.0 Å². The Hall–Kier alpha value is -2.44. The maximum Gasteiger partial charge on any atom is 0.255 e. The molecule has 1 N–H and O–H groups in total. The van der Waals surface area contributed by atoms with Gasteiger partial charge in [-0.05, 0) is 43.4 Å². The minimum absolute atomic E-state index is 0.0792. The van der Waals surface area contributed by atoms with Gasteiger partial charge in [0.05, 0.1) is 5.56 Å². The van der Waals surface area contributed by atoms with E-state index in [9.17, 15) is 4.79 Å². The Morgan fingerprint density at radius 3 is 2.86 bits per heavy atom. The second kappa shape index (κ2) is 8.29. The normalized spacial score (nSPS) is 17.1. The number of fused-ring (bicyclic) bond motifs is 1. The third kappa shape index (κ3) is 4.03. The second-order valence-electron chi connectivity index (χ2n) is 7.00. The van der Waals surface area contributed by atoms with E-state index in [1.807, 2.05) is 55.5 Å². The van der Waals surface area contributed by atoms with Gasteiger partial charge >= 0.3 is 0 Å². The molecule has 2 aromatic carbocycles. The summed E-state index contributed by atoms with van der Waals surface area (Å²) >= 11 is 1.72. The summed E-state index contributed by atoms with van der Waals surface area (Å²) in [4.78, 5) is 12.9. The number of hydrogen-bond acceptors (Lipinski definition) is 5. The van der Waals surface area contributed by atoms with E-state index in [1.54, 1.807) is 11.9 Å². The van der Waals surface area contributed by atoms with Gasteiger partial charge in [0, 0.05) is 24.5 Å². The smallest absolute Gasteiger partial charge is 0.255 e. The minimum atomic E-state index is -0.0792. The lowest BCUT2D eigenvalue weighted by molar-refractivity contribution is 0.0939. The SMILES string of the molecule is CSN1CC[C@H](NC(=O)c2c(C)oc3ccc(OCc4ccccc4)cc23)C1. The first kappa shape index (κ1) is 18.9. The Kier molecular flexibility index (Phi) is 5.59. The van der Waals surface area contributed by atoms with E-state index in [1.165, 1.54) is 0 Å². The van der Waals surface area contributed by atoms with Crippen LogP contribution in [0.2, 0.25) is 0 Å². The highest BCUT2D eigenvalue weighted by Gasteiger charge is 2.26. The summed E-state index contributed by atoms with van der Waals surface area (Å²) in [6, 6.07) is 15.8. The molecule has 0 radical (unpaired) electrons. The highest BCUT2D eigenvalue weighted by Crippen LogP contribution is 2.30. The Morgan fingerprint density at radius 2 is 2.11 bits per heavy atom. The molecule has 1 aliphatic rings. The van der Waals surface area contributed by atoms with Gasteiger partial charge in [0.25, 0.3) is 5.91 Å². The zero-order valence-corrected chi connectivity index (χ0v) is 16.9. The van der Waals surface area contributed by atoms with E-state index in [4.69, 9.17) is 9.15 Å². The van der Waals surface area contributed by atoms with Gasteiger partial charge in [-0.3, -0.25) is 4.79 Å². The van der Waals surface area contributed by atoms with Gasteiger partial charge in [-0.1, -0.05) is 42.3 Å². The van der Waals surface area contributed by atoms with Crippen molar-refractivity contribution in [3.05, 3.63) is 65.4 Å². The largest absolute Gasteiger partial charge is 0.489 e. The van der Waals surface area contributed by atoms with E-state index in [-0.39, 0.29) is 11.9 Å². The molecule has 0 bridgehead atoms. The summed E-state index contributed by atoms with van der Waals surface area (Å²) in [6.45, 7) is 4.18. The van der Waals surface area contributed by atoms with E-state index < -0.39 is 0 Å². The van der Waals surface area contributed by atoms with Crippen LogP contribution in [0, 0.1) is 6.92 Å². The third-order valence-electron chi connectivity index (χ3n) is 5.06. The van der Waals surface area contributed by atoms with Crippen molar-refractivity contribution in [2.45, 2.75) is 26.0 Å². The van der Waals surface area contributed by atoms with Crippen LogP contribution in [-0.4, -0.2) is 35.6 Å². The molecule has 28 heavy (non-hydrogen) atoms. The average molecular weight is 397 g/mol. The van der Waals surface area contributed by atoms with E-state index in [2.05, 4.69) is 15.9 Å². The number of carbonyl (C=O) groups is 1. The van der Waals surface area contributed by atoms with Crippen molar-refractivity contribution in [3.63, 3.8) is 0 Å². The molecule has 0 spiro atoms. The number of carbonyl (C=O) groups excluding carboxylic acids is 1. The van der Waals surface area contributed by atoms with Crippen LogP contribution in [0.4, 0.5) is 0 Å². The summed E-state index contributed by atoms with van der Waals surface area (Å²) in [5, 5.41) is 3.95. The fraction of sp³-hybridized carbons (Fsp3) is 0.318. The van der Waals surface area contributed by atoms with Gasteiger partial charge < -0.3 is 14.5 Å². The van der Waals surface area contributed by atoms with Crippen molar-refractivity contribution in [1.82, 2.24) is 9.62 Å². The molecule has 146 valence electrons. The number of hydrogen-bond donors (Lipinski definition) is 1. The molecule has 1 amide bonds. The quantitative estimate of drug-likeness (QED) is 0.626. The number of amides is 1. The van der Waals surface area contributed by atoms with Crippen molar-refractivity contribution < 1.29 is 13.9 Å². The van der Waals surface area contributed by atoms with Crippen molar-refractivity contribution in [3.8, 4) is 5.75 Å². The van der Waals surface area contributed by atoms with Crippen LogP contribution in [0.15, 0.2) is 52.9 Å². The monoisotopic (exact) mass is 396 g/mol. The molecule has 2 heterocycles. The lowest BCUT2D eigenvalue weighted by Gasteiger charge is -2.14. The number of nitrogens with zero attached hydrogens (tertiary/aromatic N) is 1. The van der Waals surface area contributed by atoms with Gasteiger partial charge in [-0.2, -0.15) is 0 Å². The fourth-order valence-corrected chi connectivity index (χ4v) is 4.20. The minimum Gasteiger partial charge on any atom is -0.489 e. The zero-order valence-electron chi connectivity index (χ0n) is 16.1. The number of rotatable bonds is 6. The number of ether oxygens (including phenoxy) is 1. The summed E-state index contributed by atoms with van der Waals surface area (Å²) in [6.07, 6.45) is 3.03.